The van der Waals surface area contributed by atoms with E-state index in [-0.39, 0.29) is 5.69 Å². The number of sulfone groups is 1. The number of halogens is 3. The molecule has 3 N–H and O–H groups in total. The minimum Gasteiger partial charge on any atom is -0.380 e. The Bertz CT molecular complexity index is 1230. The van der Waals surface area contributed by atoms with E-state index in [9.17, 15) is 30.0 Å². The van der Waals surface area contributed by atoms with Crippen molar-refractivity contribution < 1.29 is 30.0 Å². The zero-order chi connectivity index (χ0) is 26.6. The van der Waals surface area contributed by atoms with E-state index in [2.05, 4.69) is 15.1 Å². The van der Waals surface area contributed by atoms with Gasteiger partial charge in [0.1, 0.15) is 4.90 Å². The lowest BCUT2D eigenvalue weighted by molar-refractivity contribution is -0.0435. The number of likely N-dealkylation sites (N-methyl/N-ethyl adjacent to an activating group) is 1. The molecule has 2 aromatic carbocycles. The first kappa shape index (κ1) is 28.7. The van der Waals surface area contributed by atoms with Crippen LogP contribution in [0.4, 0.5) is 18.9 Å². The lowest BCUT2D eigenvalue weighted by Gasteiger charge is -2.33. The van der Waals surface area contributed by atoms with Crippen LogP contribution in [0.5, 0.6) is 0 Å². The van der Waals surface area contributed by atoms with Gasteiger partial charge in [-0.05, 0) is 43.8 Å². The van der Waals surface area contributed by atoms with Crippen LogP contribution in [0.3, 0.4) is 0 Å². The molecule has 0 spiro atoms. The molecule has 0 saturated carbocycles. The lowest BCUT2D eigenvalue weighted by atomic mass is 10.2. The Morgan fingerprint density at radius 3 is 2.25 bits per heavy atom. The quantitative estimate of drug-likeness (QED) is 0.423. The SMILES string of the molecule is CN1CCN(CC[C@H](CSc2ccccc2)Nc2ccc(S(N)(=O)=O)cc2S(=O)(=O)C(F)(F)F)CC1. The van der Waals surface area contributed by atoms with Crippen LogP contribution in [0.1, 0.15) is 6.42 Å². The van der Waals surface area contributed by atoms with Crippen LogP contribution < -0.4 is 10.5 Å². The summed E-state index contributed by atoms with van der Waals surface area (Å²) < 4.78 is 88.4. The summed E-state index contributed by atoms with van der Waals surface area (Å²) in [5, 5.41) is 8.00. The molecule has 2 aromatic rings. The second-order valence-electron chi connectivity index (χ2n) is 8.55. The van der Waals surface area contributed by atoms with Crippen molar-refractivity contribution in [1.82, 2.24) is 9.80 Å². The Kier molecular flexibility index (Phi) is 9.33. The van der Waals surface area contributed by atoms with E-state index in [1.807, 2.05) is 37.4 Å². The number of hydrogen-bond acceptors (Lipinski definition) is 8. The van der Waals surface area contributed by atoms with Gasteiger partial charge < -0.3 is 15.1 Å². The van der Waals surface area contributed by atoms with Crippen LogP contribution in [-0.2, 0) is 19.9 Å². The van der Waals surface area contributed by atoms with Crippen LogP contribution in [0.25, 0.3) is 0 Å². The number of nitrogens with zero attached hydrogens (tertiary/aromatic N) is 2. The van der Waals surface area contributed by atoms with Crippen molar-refractivity contribution in [1.29, 1.82) is 0 Å². The number of rotatable bonds is 10. The minimum atomic E-state index is -5.85. The topological polar surface area (TPSA) is 113 Å². The maximum atomic E-state index is 13.4. The summed E-state index contributed by atoms with van der Waals surface area (Å²) in [4.78, 5) is 3.52. The van der Waals surface area contributed by atoms with Gasteiger partial charge in [-0.2, -0.15) is 13.2 Å². The van der Waals surface area contributed by atoms with E-state index in [1.165, 1.54) is 11.8 Å². The molecule has 0 unspecified atom stereocenters. The van der Waals surface area contributed by atoms with Crippen molar-refractivity contribution in [2.24, 2.45) is 5.14 Å². The van der Waals surface area contributed by atoms with Crippen molar-refractivity contribution in [3.63, 3.8) is 0 Å². The van der Waals surface area contributed by atoms with Crippen LogP contribution in [0.2, 0.25) is 0 Å². The molecule has 1 aliphatic rings. The number of hydrogen-bond donors (Lipinski definition) is 2. The molecule has 14 heteroatoms. The van der Waals surface area contributed by atoms with Crippen LogP contribution in [0.15, 0.2) is 63.2 Å². The average molecular weight is 567 g/mol. The second-order valence-corrected chi connectivity index (χ2v) is 13.1. The van der Waals surface area contributed by atoms with Gasteiger partial charge in [-0.1, -0.05) is 18.2 Å². The average Bonchev–Trinajstić information content (AvgIpc) is 2.81. The zero-order valence-corrected chi connectivity index (χ0v) is 22.1. The van der Waals surface area contributed by atoms with E-state index in [0.717, 1.165) is 43.2 Å². The summed E-state index contributed by atoms with van der Waals surface area (Å²) >= 11 is 1.48. The van der Waals surface area contributed by atoms with E-state index < -0.39 is 41.2 Å². The van der Waals surface area contributed by atoms with Gasteiger partial charge in [-0.25, -0.2) is 22.0 Å². The van der Waals surface area contributed by atoms with Crippen molar-refractivity contribution >= 4 is 37.3 Å². The largest absolute Gasteiger partial charge is 0.501 e. The molecule has 0 radical (unpaired) electrons. The van der Waals surface area contributed by atoms with Crippen molar-refractivity contribution in [3.05, 3.63) is 48.5 Å². The molecule has 1 aliphatic heterocycles. The Morgan fingerprint density at radius 1 is 1.03 bits per heavy atom. The highest BCUT2D eigenvalue weighted by Gasteiger charge is 2.48. The number of nitrogens with one attached hydrogen (secondary N) is 1. The van der Waals surface area contributed by atoms with Gasteiger partial charge in [0.25, 0.3) is 9.84 Å². The normalized spacial score (nSPS) is 17.1. The molecule has 0 amide bonds. The molecular formula is C22H29F3N4O4S3. The molecule has 1 heterocycles. The number of anilines is 1. The van der Waals surface area contributed by atoms with E-state index in [0.29, 0.717) is 24.8 Å². The third-order valence-electron chi connectivity index (χ3n) is 5.82. The Morgan fingerprint density at radius 2 is 1.67 bits per heavy atom. The fraction of sp³-hybridized carbons (Fsp3) is 0.455. The number of benzene rings is 2. The molecule has 0 aliphatic carbocycles. The van der Waals surface area contributed by atoms with Crippen LogP contribution in [-0.4, -0.2) is 83.7 Å². The summed E-state index contributed by atoms with van der Waals surface area (Å²) in [5.74, 6) is 0.445. The number of alkyl halides is 3. The van der Waals surface area contributed by atoms with Crippen LogP contribution >= 0.6 is 11.8 Å². The third-order valence-corrected chi connectivity index (χ3v) is 9.43. The summed E-state index contributed by atoms with van der Waals surface area (Å²) in [6.07, 6.45) is 0.534. The zero-order valence-electron chi connectivity index (χ0n) is 19.6. The van der Waals surface area contributed by atoms with E-state index >= 15 is 0 Å². The summed E-state index contributed by atoms with van der Waals surface area (Å²) in [5.41, 5.74) is -5.94. The first-order valence-electron chi connectivity index (χ1n) is 11.1. The van der Waals surface area contributed by atoms with Crippen molar-refractivity contribution in [2.45, 2.75) is 32.7 Å². The third kappa shape index (κ3) is 7.59. The molecule has 8 nitrogen and oxygen atoms in total. The van der Waals surface area contributed by atoms with E-state index in [4.69, 9.17) is 5.14 Å². The molecule has 1 fully saturated rings. The number of sulfonamides is 1. The van der Waals surface area contributed by atoms with Crippen molar-refractivity contribution in [3.8, 4) is 0 Å². The van der Waals surface area contributed by atoms with Gasteiger partial charge in [0, 0.05) is 49.4 Å². The van der Waals surface area contributed by atoms with Gasteiger partial charge in [0.15, 0.2) is 0 Å². The summed E-state index contributed by atoms with van der Waals surface area (Å²) in [6.45, 7) is 4.18. The molecule has 3 rings (SSSR count). The smallest absolute Gasteiger partial charge is 0.380 e. The highest BCUT2D eigenvalue weighted by molar-refractivity contribution is 7.99. The highest BCUT2D eigenvalue weighted by Crippen LogP contribution is 2.36. The first-order valence-corrected chi connectivity index (χ1v) is 15.1. The molecule has 1 saturated heterocycles. The fourth-order valence-electron chi connectivity index (χ4n) is 3.69. The predicted molar refractivity (Wildman–Crippen MR) is 134 cm³/mol. The van der Waals surface area contributed by atoms with Gasteiger partial charge in [-0.3, -0.25) is 0 Å². The maximum absolute atomic E-state index is 13.4. The minimum absolute atomic E-state index is 0.322. The highest BCUT2D eigenvalue weighted by atomic mass is 32.2. The van der Waals surface area contributed by atoms with Crippen molar-refractivity contribution in [2.75, 3.05) is 50.8 Å². The van der Waals surface area contributed by atoms with E-state index in [1.54, 1.807) is 0 Å². The molecule has 1 atom stereocenters. The molecule has 200 valence electrons. The lowest BCUT2D eigenvalue weighted by Crippen LogP contribution is -2.45. The molecule has 0 bridgehead atoms. The number of piperazine rings is 1. The van der Waals surface area contributed by atoms with Gasteiger partial charge in [0.2, 0.25) is 10.0 Å². The maximum Gasteiger partial charge on any atom is 0.501 e. The number of primary sulfonamides is 1. The Hall–Kier alpha value is -1.84. The second kappa shape index (κ2) is 11.7. The predicted octanol–water partition coefficient (Wildman–Crippen LogP) is 2.84. The molecule has 36 heavy (non-hydrogen) atoms. The molecular weight excluding hydrogens is 537 g/mol. The number of nitrogens with two attached hydrogens (primary N) is 1. The van der Waals surface area contributed by atoms with Gasteiger partial charge >= 0.3 is 5.51 Å². The fourth-order valence-corrected chi connectivity index (χ4v) is 6.24. The van der Waals surface area contributed by atoms with Gasteiger partial charge in [-0.15, -0.1) is 11.8 Å². The summed E-state index contributed by atoms with van der Waals surface area (Å²) in [7, 11) is -8.24. The molecule has 0 aromatic heterocycles. The van der Waals surface area contributed by atoms with Gasteiger partial charge in [0.05, 0.1) is 10.6 Å². The standard InChI is InChI=1S/C22H29F3N4O4S3/c1-28-11-13-29(14-12-28)10-9-17(16-34-18-5-3-2-4-6-18)27-20-8-7-19(36(26,32)33)15-21(20)35(30,31)22(23,24)25/h2-8,15,17,27H,9-14,16H2,1H3,(H2,26,32,33)/t17-/m1/s1. The monoisotopic (exact) mass is 566 g/mol. The number of thioether (sulfide) groups is 1. The Balaban J connectivity index is 1.89. The van der Waals surface area contributed by atoms with Crippen LogP contribution in [0, 0.1) is 0 Å². The first-order chi connectivity index (χ1) is 16.8. The summed E-state index contributed by atoms with van der Waals surface area (Å²) in [6, 6.07) is 11.5. The Labute approximate surface area is 214 Å².